The van der Waals surface area contributed by atoms with Gasteiger partial charge in [0.05, 0.1) is 11.2 Å². The largest absolute Gasteiger partial charge is 0.381 e. The van der Waals surface area contributed by atoms with Crippen molar-refractivity contribution in [3.05, 3.63) is 58.9 Å². The lowest BCUT2D eigenvalue weighted by atomic mass is 9.73. The second-order valence-corrected chi connectivity index (χ2v) is 10.9. The Morgan fingerprint density at radius 2 is 1.91 bits per heavy atom. The first-order valence-electron chi connectivity index (χ1n) is 11.8. The number of halogens is 1. The highest BCUT2D eigenvalue weighted by molar-refractivity contribution is 7.99. The van der Waals surface area contributed by atoms with E-state index in [-0.39, 0.29) is 17.4 Å². The molecule has 4 N–H and O–H groups in total. The zero-order valence-electron chi connectivity index (χ0n) is 19.2. The molecule has 2 aromatic heterocycles. The number of nitrogens with zero attached hydrogens (tertiary/aromatic N) is 5. The minimum Gasteiger partial charge on any atom is -0.381 e. The monoisotopic (exact) mass is 507 g/mol. The fourth-order valence-corrected chi connectivity index (χ4v) is 6.53. The van der Waals surface area contributed by atoms with Gasteiger partial charge in [-0.3, -0.25) is 9.69 Å². The highest BCUT2D eigenvalue weighted by Gasteiger charge is 2.46. The number of hydrogen-bond acceptors (Lipinski definition) is 8. The standard InChI is InChI=1S/C25H26ClN7OS/c26-20-17(5-9-29-23(20)33-10-6-19(33)34)35-24-22(28)31-18(14-30-24)32-11-7-25(8-12-32)13-15-3-1-2-4-16(15)21(25)27/h1-5,9,14,21H,6-8,10-13,27H2,(H2,28,31)/t21-/m1/s1. The smallest absolute Gasteiger partial charge is 0.229 e. The molecular weight excluding hydrogens is 482 g/mol. The first-order chi connectivity index (χ1) is 16.9. The van der Waals surface area contributed by atoms with Crippen LogP contribution in [0.4, 0.5) is 17.5 Å². The van der Waals surface area contributed by atoms with E-state index < -0.39 is 0 Å². The van der Waals surface area contributed by atoms with Gasteiger partial charge >= 0.3 is 0 Å². The molecule has 4 heterocycles. The first kappa shape index (κ1) is 22.6. The summed E-state index contributed by atoms with van der Waals surface area (Å²) in [6, 6.07) is 10.4. The Morgan fingerprint density at radius 3 is 2.60 bits per heavy atom. The Morgan fingerprint density at radius 1 is 1.11 bits per heavy atom. The molecule has 6 rings (SSSR count). The van der Waals surface area contributed by atoms with Crippen molar-refractivity contribution in [2.45, 2.75) is 41.6 Å². The van der Waals surface area contributed by atoms with E-state index in [0.717, 1.165) is 43.1 Å². The molecule has 1 spiro atoms. The number of carbonyl (C=O) groups excluding carboxylic acids is 1. The van der Waals surface area contributed by atoms with E-state index in [9.17, 15) is 4.79 Å². The summed E-state index contributed by atoms with van der Waals surface area (Å²) < 4.78 is 0. The number of nitrogen functional groups attached to an aromatic ring is 1. The fraction of sp³-hybridized carbons (Fsp3) is 0.360. The van der Waals surface area contributed by atoms with Gasteiger partial charge in [0.2, 0.25) is 5.91 Å². The summed E-state index contributed by atoms with van der Waals surface area (Å²) in [7, 11) is 0. The van der Waals surface area contributed by atoms with E-state index >= 15 is 0 Å². The van der Waals surface area contributed by atoms with Crippen LogP contribution in [-0.2, 0) is 11.2 Å². The average molecular weight is 508 g/mol. The van der Waals surface area contributed by atoms with Gasteiger partial charge in [0.1, 0.15) is 10.8 Å². The molecule has 0 unspecified atom stereocenters. The number of anilines is 3. The number of benzene rings is 1. The molecule has 1 amide bonds. The summed E-state index contributed by atoms with van der Waals surface area (Å²) in [5, 5.41) is 0.996. The highest BCUT2D eigenvalue weighted by Crippen LogP contribution is 2.51. The molecule has 10 heteroatoms. The minimum absolute atomic E-state index is 0.0240. The summed E-state index contributed by atoms with van der Waals surface area (Å²) in [6.45, 7) is 2.36. The molecule has 180 valence electrons. The Balaban J connectivity index is 1.15. The van der Waals surface area contributed by atoms with Gasteiger partial charge in [-0.1, -0.05) is 47.6 Å². The lowest BCUT2D eigenvalue weighted by Crippen LogP contribution is -2.44. The molecule has 2 fully saturated rings. The average Bonchev–Trinajstić information content (AvgIpc) is 3.13. The molecule has 1 aromatic carbocycles. The number of amides is 1. The molecular formula is C25H26ClN7OS. The van der Waals surface area contributed by atoms with Crippen LogP contribution in [0.3, 0.4) is 0 Å². The van der Waals surface area contributed by atoms with Gasteiger partial charge in [-0.15, -0.1) is 0 Å². The molecule has 3 aliphatic rings. The van der Waals surface area contributed by atoms with Crippen molar-refractivity contribution < 1.29 is 4.79 Å². The topological polar surface area (TPSA) is 114 Å². The number of nitrogens with two attached hydrogens (primary N) is 2. The molecule has 1 atom stereocenters. The molecule has 0 saturated carbocycles. The Labute approximate surface area is 213 Å². The summed E-state index contributed by atoms with van der Waals surface area (Å²) in [6.07, 6.45) is 6.99. The van der Waals surface area contributed by atoms with Crippen LogP contribution in [0.5, 0.6) is 0 Å². The summed E-state index contributed by atoms with van der Waals surface area (Å²) in [5.41, 5.74) is 15.8. The van der Waals surface area contributed by atoms with E-state index in [1.807, 2.05) is 0 Å². The third-order valence-electron chi connectivity index (χ3n) is 7.58. The lowest BCUT2D eigenvalue weighted by molar-refractivity contribution is -0.122. The van der Waals surface area contributed by atoms with Crippen molar-refractivity contribution in [3.8, 4) is 0 Å². The quantitative estimate of drug-likeness (QED) is 0.512. The van der Waals surface area contributed by atoms with Crippen LogP contribution >= 0.6 is 23.4 Å². The zero-order valence-corrected chi connectivity index (χ0v) is 20.7. The highest BCUT2D eigenvalue weighted by atomic mass is 35.5. The SMILES string of the molecule is Nc1nc(N2CCC3(CC2)Cc2ccccc2[C@H]3N)cnc1Sc1ccnc(N2CCC2=O)c1Cl. The van der Waals surface area contributed by atoms with Gasteiger partial charge in [0, 0.05) is 43.2 Å². The maximum atomic E-state index is 11.8. The number of β-lactam (4-membered cyclic amide) rings is 1. The molecule has 2 aliphatic heterocycles. The predicted octanol–water partition coefficient (Wildman–Crippen LogP) is 3.84. The molecule has 8 nitrogen and oxygen atoms in total. The maximum absolute atomic E-state index is 11.8. The van der Waals surface area contributed by atoms with E-state index in [1.54, 1.807) is 23.4 Å². The van der Waals surface area contributed by atoms with E-state index in [1.165, 1.54) is 22.9 Å². The van der Waals surface area contributed by atoms with Crippen molar-refractivity contribution in [1.29, 1.82) is 0 Å². The fourth-order valence-electron chi connectivity index (χ4n) is 5.43. The number of fused-ring (bicyclic) bond motifs is 1. The van der Waals surface area contributed by atoms with Crippen LogP contribution in [0.2, 0.25) is 5.02 Å². The van der Waals surface area contributed by atoms with Crippen LogP contribution in [-0.4, -0.2) is 40.5 Å². The second kappa shape index (κ2) is 8.65. The van der Waals surface area contributed by atoms with Crippen molar-refractivity contribution in [2.24, 2.45) is 11.1 Å². The minimum atomic E-state index is 0.0240. The third kappa shape index (κ3) is 3.82. The maximum Gasteiger partial charge on any atom is 0.229 e. The van der Waals surface area contributed by atoms with Crippen LogP contribution in [0.1, 0.15) is 36.4 Å². The number of hydrogen-bond donors (Lipinski definition) is 2. The second-order valence-electron chi connectivity index (χ2n) is 9.47. The molecule has 2 saturated heterocycles. The molecule has 1 aliphatic carbocycles. The lowest BCUT2D eigenvalue weighted by Gasteiger charge is -2.42. The first-order valence-corrected chi connectivity index (χ1v) is 13.0. The van der Waals surface area contributed by atoms with Crippen molar-refractivity contribution in [1.82, 2.24) is 15.0 Å². The van der Waals surface area contributed by atoms with E-state index in [4.69, 9.17) is 23.1 Å². The molecule has 35 heavy (non-hydrogen) atoms. The van der Waals surface area contributed by atoms with Crippen molar-refractivity contribution in [3.63, 3.8) is 0 Å². The van der Waals surface area contributed by atoms with Gasteiger partial charge < -0.3 is 16.4 Å². The van der Waals surface area contributed by atoms with Crippen LogP contribution in [0.15, 0.2) is 52.6 Å². The third-order valence-corrected chi connectivity index (χ3v) is 9.13. The van der Waals surface area contributed by atoms with Gasteiger partial charge in [0.25, 0.3) is 0 Å². The zero-order chi connectivity index (χ0) is 24.2. The van der Waals surface area contributed by atoms with Gasteiger partial charge in [-0.05, 0) is 41.9 Å². The summed E-state index contributed by atoms with van der Waals surface area (Å²) in [4.78, 5) is 29.9. The molecule has 0 bridgehead atoms. The van der Waals surface area contributed by atoms with E-state index in [2.05, 4.69) is 44.1 Å². The van der Waals surface area contributed by atoms with Crippen molar-refractivity contribution >= 4 is 46.7 Å². The van der Waals surface area contributed by atoms with Gasteiger partial charge in [-0.2, -0.15) is 0 Å². The normalized spacial score (nSPS) is 20.7. The number of pyridine rings is 1. The molecule has 0 radical (unpaired) electrons. The Kier molecular flexibility index (Phi) is 5.58. The summed E-state index contributed by atoms with van der Waals surface area (Å²) in [5.74, 6) is 1.63. The predicted molar refractivity (Wildman–Crippen MR) is 138 cm³/mol. The number of aromatic nitrogens is 3. The van der Waals surface area contributed by atoms with Gasteiger partial charge in [0.15, 0.2) is 11.6 Å². The van der Waals surface area contributed by atoms with Crippen LogP contribution < -0.4 is 21.3 Å². The Hall–Kier alpha value is -2.88. The van der Waals surface area contributed by atoms with Gasteiger partial charge in [-0.25, -0.2) is 15.0 Å². The Bertz CT molecular complexity index is 1310. The van der Waals surface area contributed by atoms with Crippen LogP contribution in [0, 0.1) is 5.41 Å². The molecule has 3 aromatic rings. The number of piperidine rings is 1. The number of rotatable bonds is 4. The number of carbonyl (C=O) groups is 1. The summed E-state index contributed by atoms with van der Waals surface area (Å²) >= 11 is 7.89. The van der Waals surface area contributed by atoms with E-state index in [0.29, 0.717) is 34.6 Å². The van der Waals surface area contributed by atoms with Crippen LogP contribution in [0.25, 0.3) is 0 Å². The van der Waals surface area contributed by atoms with Crippen molar-refractivity contribution in [2.75, 3.05) is 35.2 Å².